The standard InChI is InChI=1S/C39H45N3O2/c1-31(43)40-35-21-13-22-36(29-35)42(37-23-14-24-38(30-37)44-28-27-41-25-11-12-26-41)39(32-15-5-2-6-16-32,33-17-7-3-8-18-33)34-19-9-4-10-20-34/h2-10,14-20,23-24,30,35-36H,11-13,21-22,25-29H2,1H3,(H,40,43)/t35-,36+/m1/s1. The van der Waals surface area contributed by atoms with Crippen LogP contribution in [-0.4, -0.2) is 49.1 Å². The molecule has 5 heteroatoms. The lowest BCUT2D eigenvalue weighted by atomic mass is 9.73. The molecule has 4 aromatic rings. The van der Waals surface area contributed by atoms with Crippen molar-refractivity contribution in [2.45, 2.75) is 63.1 Å². The van der Waals surface area contributed by atoms with Gasteiger partial charge in [-0.15, -0.1) is 0 Å². The Morgan fingerprint density at radius 1 is 0.795 bits per heavy atom. The third-order valence-electron chi connectivity index (χ3n) is 9.33. The number of benzene rings is 4. The number of nitrogens with one attached hydrogen (secondary N) is 1. The predicted molar refractivity (Wildman–Crippen MR) is 179 cm³/mol. The van der Waals surface area contributed by atoms with Crippen LogP contribution in [0.1, 0.15) is 62.1 Å². The van der Waals surface area contributed by atoms with Crippen molar-refractivity contribution in [1.29, 1.82) is 0 Å². The van der Waals surface area contributed by atoms with E-state index in [1.807, 2.05) is 0 Å². The number of carbonyl (C=O) groups is 1. The average molecular weight is 588 g/mol. The van der Waals surface area contributed by atoms with Crippen LogP contribution in [0.15, 0.2) is 115 Å². The maximum atomic E-state index is 12.2. The van der Waals surface area contributed by atoms with Gasteiger partial charge in [0.2, 0.25) is 5.91 Å². The molecule has 4 aromatic carbocycles. The van der Waals surface area contributed by atoms with E-state index in [1.54, 1.807) is 6.92 Å². The van der Waals surface area contributed by atoms with Gasteiger partial charge in [-0.1, -0.05) is 97.1 Å². The number of rotatable bonds is 11. The first-order chi connectivity index (χ1) is 21.6. The van der Waals surface area contributed by atoms with E-state index >= 15 is 0 Å². The van der Waals surface area contributed by atoms with Crippen molar-refractivity contribution in [3.05, 3.63) is 132 Å². The van der Waals surface area contributed by atoms with Gasteiger partial charge in [0, 0.05) is 37.3 Å². The Balaban J connectivity index is 1.51. The number of nitrogens with zero attached hydrogens (tertiary/aromatic N) is 2. The number of likely N-dealkylation sites (tertiary alicyclic amines) is 1. The maximum absolute atomic E-state index is 12.2. The lowest BCUT2D eigenvalue weighted by Gasteiger charge is -2.52. The van der Waals surface area contributed by atoms with Crippen LogP contribution < -0.4 is 15.0 Å². The fourth-order valence-electron chi connectivity index (χ4n) is 7.47. The van der Waals surface area contributed by atoms with Gasteiger partial charge in [-0.3, -0.25) is 9.69 Å². The minimum atomic E-state index is -0.624. The van der Waals surface area contributed by atoms with E-state index < -0.39 is 5.54 Å². The van der Waals surface area contributed by atoms with E-state index in [2.05, 4.69) is 130 Å². The number of hydrogen-bond donors (Lipinski definition) is 1. The van der Waals surface area contributed by atoms with Gasteiger partial charge in [-0.05, 0) is 80.4 Å². The van der Waals surface area contributed by atoms with Gasteiger partial charge in [0.05, 0.1) is 0 Å². The monoisotopic (exact) mass is 587 g/mol. The summed E-state index contributed by atoms with van der Waals surface area (Å²) in [5.41, 5.74) is 4.12. The highest BCUT2D eigenvalue weighted by Gasteiger charge is 2.46. The molecule has 0 bridgehead atoms. The Morgan fingerprint density at radius 2 is 1.39 bits per heavy atom. The van der Waals surface area contributed by atoms with Crippen LogP contribution in [0.5, 0.6) is 5.75 Å². The SMILES string of the molecule is CC(=O)N[C@@H]1CCC[C@H](N(c2cccc(OCCN3CCCC3)c2)C(c2ccccc2)(c2ccccc2)c2ccccc2)C1. The van der Waals surface area contributed by atoms with Gasteiger partial charge in [0.15, 0.2) is 0 Å². The topological polar surface area (TPSA) is 44.8 Å². The van der Waals surface area contributed by atoms with Crippen LogP contribution in [0.2, 0.25) is 0 Å². The quantitative estimate of drug-likeness (QED) is 0.186. The van der Waals surface area contributed by atoms with Gasteiger partial charge in [-0.25, -0.2) is 0 Å². The van der Waals surface area contributed by atoms with Crippen LogP contribution in [-0.2, 0) is 10.3 Å². The smallest absolute Gasteiger partial charge is 0.217 e. The number of hydrogen-bond acceptors (Lipinski definition) is 4. The Bertz CT molecular complexity index is 1370. The molecular weight excluding hydrogens is 542 g/mol. The van der Waals surface area contributed by atoms with Crippen molar-refractivity contribution in [3.63, 3.8) is 0 Å². The fraction of sp³-hybridized carbons (Fsp3) is 0.359. The van der Waals surface area contributed by atoms with Crippen LogP contribution in [0.4, 0.5) is 5.69 Å². The third-order valence-corrected chi connectivity index (χ3v) is 9.33. The lowest BCUT2D eigenvalue weighted by molar-refractivity contribution is -0.119. The minimum Gasteiger partial charge on any atom is -0.492 e. The van der Waals surface area contributed by atoms with Crippen molar-refractivity contribution in [1.82, 2.24) is 10.2 Å². The van der Waals surface area contributed by atoms with Crippen molar-refractivity contribution in [2.75, 3.05) is 31.1 Å². The number of anilines is 1. The molecule has 5 nitrogen and oxygen atoms in total. The lowest BCUT2D eigenvalue weighted by Crippen LogP contribution is -2.56. The minimum absolute atomic E-state index is 0.0380. The van der Waals surface area contributed by atoms with Gasteiger partial charge in [0.25, 0.3) is 0 Å². The Kier molecular flexibility index (Phi) is 9.62. The van der Waals surface area contributed by atoms with Crippen molar-refractivity contribution < 1.29 is 9.53 Å². The zero-order valence-corrected chi connectivity index (χ0v) is 25.9. The number of ether oxygens (including phenoxy) is 1. The Hall–Kier alpha value is -4.09. The van der Waals surface area contributed by atoms with Crippen molar-refractivity contribution in [2.24, 2.45) is 0 Å². The zero-order chi connectivity index (χ0) is 30.2. The molecule has 0 unspecified atom stereocenters. The van der Waals surface area contributed by atoms with E-state index in [9.17, 15) is 4.79 Å². The molecule has 1 saturated carbocycles. The molecule has 1 amide bonds. The summed E-state index contributed by atoms with van der Waals surface area (Å²) >= 11 is 0. The number of carbonyl (C=O) groups excluding carboxylic acids is 1. The molecule has 0 radical (unpaired) electrons. The fourth-order valence-corrected chi connectivity index (χ4v) is 7.47. The van der Waals surface area contributed by atoms with Crippen LogP contribution in [0.25, 0.3) is 0 Å². The van der Waals surface area contributed by atoms with E-state index in [-0.39, 0.29) is 18.0 Å². The highest BCUT2D eigenvalue weighted by atomic mass is 16.5. The maximum Gasteiger partial charge on any atom is 0.217 e. The molecule has 1 aliphatic carbocycles. The summed E-state index contributed by atoms with van der Waals surface area (Å²) in [7, 11) is 0. The largest absolute Gasteiger partial charge is 0.492 e. The first kappa shape index (κ1) is 30.0. The molecule has 1 aliphatic heterocycles. The second kappa shape index (κ2) is 14.1. The first-order valence-corrected chi connectivity index (χ1v) is 16.3. The second-order valence-electron chi connectivity index (χ2n) is 12.3. The summed E-state index contributed by atoms with van der Waals surface area (Å²) in [6.07, 6.45) is 6.52. The summed E-state index contributed by atoms with van der Waals surface area (Å²) < 4.78 is 6.42. The predicted octanol–water partition coefficient (Wildman–Crippen LogP) is 7.41. The van der Waals surface area contributed by atoms with Gasteiger partial charge >= 0.3 is 0 Å². The summed E-state index contributed by atoms with van der Waals surface area (Å²) in [6.45, 7) is 5.60. The summed E-state index contributed by atoms with van der Waals surface area (Å²) in [4.78, 5) is 17.4. The summed E-state index contributed by atoms with van der Waals surface area (Å²) in [5, 5.41) is 3.26. The van der Waals surface area contributed by atoms with E-state index in [1.165, 1.54) is 42.6 Å². The normalized spacial score (nSPS) is 18.9. The molecule has 1 heterocycles. The van der Waals surface area contributed by atoms with E-state index in [0.29, 0.717) is 6.61 Å². The van der Waals surface area contributed by atoms with Crippen LogP contribution >= 0.6 is 0 Å². The summed E-state index contributed by atoms with van der Waals surface area (Å²) in [6, 6.07) is 41.7. The Morgan fingerprint density at radius 3 is 1.95 bits per heavy atom. The van der Waals surface area contributed by atoms with Gasteiger partial charge < -0.3 is 15.0 Å². The van der Waals surface area contributed by atoms with E-state index in [0.717, 1.165) is 43.7 Å². The molecule has 44 heavy (non-hydrogen) atoms. The van der Waals surface area contributed by atoms with Crippen molar-refractivity contribution >= 4 is 11.6 Å². The molecule has 6 rings (SSSR count). The number of amides is 1. The molecule has 0 spiro atoms. The molecule has 1 N–H and O–H groups in total. The van der Waals surface area contributed by atoms with Gasteiger partial charge in [-0.2, -0.15) is 0 Å². The van der Waals surface area contributed by atoms with Crippen LogP contribution in [0, 0.1) is 0 Å². The molecule has 2 fully saturated rings. The second-order valence-corrected chi connectivity index (χ2v) is 12.3. The highest BCUT2D eigenvalue weighted by molar-refractivity contribution is 5.73. The molecule has 0 aromatic heterocycles. The molecule has 1 saturated heterocycles. The van der Waals surface area contributed by atoms with Gasteiger partial charge in [0.1, 0.15) is 17.9 Å². The molecular formula is C39H45N3O2. The third kappa shape index (κ3) is 6.53. The van der Waals surface area contributed by atoms with Crippen LogP contribution in [0.3, 0.4) is 0 Å². The molecule has 2 atom stereocenters. The first-order valence-electron chi connectivity index (χ1n) is 16.3. The molecule has 2 aliphatic rings. The highest BCUT2D eigenvalue weighted by Crippen LogP contribution is 2.48. The average Bonchev–Trinajstić information content (AvgIpc) is 3.58. The summed E-state index contributed by atoms with van der Waals surface area (Å²) in [5.74, 6) is 0.931. The Labute approximate surface area is 262 Å². The van der Waals surface area contributed by atoms with E-state index in [4.69, 9.17) is 4.74 Å². The van der Waals surface area contributed by atoms with Crippen molar-refractivity contribution in [3.8, 4) is 5.75 Å². The molecule has 228 valence electrons. The zero-order valence-electron chi connectivity index (χ0n) is 25.9.